The van der Waals surface area contributed by atoms with Gasteiger partial charge in [-0.05, 0) is 27.7 Å². The first-order valence-corrected chi connectivity index (χ1v) is 6.93. The number of hydrogen-bond donors (Lipinski definition) is 1. The third-order valence-electron chi connectivity index (χ3n) is 4.34. The molecule has 2 heterocycles. The van der Waals surface area contributed by atoms with E-state index in [2.05, 4.69) is 24.3 Å². The molecule has 1 fully saturated rings. The molecule has 2 atom stereocenters. The van der Waals surface area contributed by atoms with Crippen molar-refractivity contribution >= 4 is 5.91 Å². The van der Waals surface area contributed by atoms with Gasteiger partial charge in [0, 0.05) is 43.5 Å². The molecule has 5 heteroatoms. The molecule has 0 bridgehead atoms. The molecule has 106 valence electrons. The summed E-state index contributed by atoms with van der Waals surface area (Å²) >= 11 is 0. The van der Waals surface area contributed by atoms with Crippen molar-refractivity contribution in [1.29, 1.82) is 0 Å². The van der Waals surface area contributed by atoms with Crippen LogP contribution in [0.4, 0.5) is 0 Å². The number of piperazine rings is 1. The van der Waals surface area contributed by atoms with Crippen LogP contribution in [0.5, 0.6) is 0 Å². The fourth-order valence-corrected chi connectivity index (χ4v) is 2.73. The predicted octanol–water partition coefficient (Wildman–Crippen LogP) is 0.788. The van der Waals surface area contributed by atoms with Gasteiger partial charge >= 0.3 is 0 Å². The van der Waals surface area contributed by atoms with E-state index in [4.69, 9.17) is 0 Å². The minimum Gasteiger partial charge on any atom is -0.337 e. The molecule has 1 aromatic rings. The number of aryl methyl sites for hydroxylation is 2. The smallest absolute Gasteiger partial charge is 0.227 e. The highest BCUT2D eigenvalue weighted by atomic mass is 16.2. The number of amides is 1. The average molecular weight is 264 g/mol. The Morgan fingerprint density at radius 2 is 2.11 bits per heavy atom. The van der Waals surface area contributed by atoms with Crippen molar-refractivity contribution in [1.82, 2.24) is 20.0 Å². The van der Waals surface area contributed by atoms with Crippen molar-refractivity contribution < 1.29 is 4.79 Å². The van der Waals surface area contributed by atoms with E-state index in [-0.39, 0.29) is 11.9 Å². The molecule has 1 aromatic heterocycles. The first-order valence-electron chi connectivity index (χ1n) is 6.93. The van der Waals surface area contributed by atoms with Gasteiger partial charge in [-0.1, -0.05) is 0 Å². The highest BCUT2D eigenvalue weighted by molar-refractivity contribution is 5.79. The lowest BCUT2D eigenvalue weighted by atomic mass is 10.0. The van der Waals surface area contributed by atoms with Gasteiger partial charge in [-0.25, -0.2) is 0 Å². The zero-order valence-electron chi connectivity index (χ0n) is 12.5. The van der Waals surface area contributed by atoms with Crippen LogP contribution in [0.1, 0.15) is 30.8 Å². The Morgan fingerprint density at radius 3 is 2.68 bits per heavy atom. The predicted molar refractivity (Wildman–Crippen MR) is 75.0 cm³/mol. The van der Waals surface area contributed by atoms with Crippen LogP contribution in [0.15, 0.2) is 0 Å². The molecule has 1 amide bonds. The Kier molecular flexibility index (Phi) is 3.94. The Bertz CT molecular complexity index is 480. The standard InChI is InChI=1S/C14H24N4O/c1-9-11(3)18(7-6-15-9)14(19)8-13-10(2)16-17(5)12(13)4/h9,11,15H,6-8H2,1-5H3. The summed E-state index contributed by atoms with van der Waals surface area (Å²) in [7, 11) is 1.92. The van der Waals surface area contributed by atoms with Crippen LogP contribution in [0, 0.1) is 13.8 Å². The van der Waals surface area contributed by atoms with Gasteiger partial charge in [0.15, 0.2) is 0 Å². The fourth-order valence-electron chi connectivity index (χ4n) is 2.73. The van der Waals surface area contributed by atoms with Crippen molar-refractivity contribution in [3.05, 3.63) is 17.0 Å². The number of nitrogens with one attached hydrogen (secondary N) is 1. The molecule has 0 saturated carbocycles. The van der Waals surface area contributed by atoms with E-state index in [0.717, 1.165) is 30.0 Å². The third kappa shape index (κ3) is 2.66. The molecule has 0 aromatic carbocycles. The first kappa shape index (κ1) is 14.1. The first-order chi connectivity index (χ1) is 8.91. The Morgan fingerprint density at radius 1 is 1.42 bits per heavy atom. The van der Waals surface area contributed by atoms with Gasteiger partial charge in [-0.15, -0.1) is 0 Å². The Hall–Kier alpha value is -1.36. The average Bonchev–Trinajstić information content (AvgIpc) is 2.59. The highest BCUT2D eigenvalue weighted by Crippen LogP contribution is 2.16. The summed E-state index contributed by atoms with van der Waals surface area (Å²) in [6, 6.07) is 0.604. The van der Waals surface area contributed by atoms with Gasteiger partial charge in [0.2, 0.25) is 5.91 Å². The van der Waals surface area contributed by atoms with Crippen LogP contribution in [0.2, 0.25) is 0 Å². The minimum absolute atomic E-state index is 0.208. The number of hydrogen-bond acceptors (Lipinski definition) is 3. The van der Waals surface area contributed by atoms with Gasteiger partial charge in [-0.3, -0.25) is 9.48 Å². The summed E-state index contributed by atoms with van der Waals surface area (Å²) in [4.78, 5) is 14.5. The maximum absolute atomic E-state index is 12.5. The van der Waals surface area contributed by atoms with E-state index < -0.39 is 0 Å². The van der Waals surface area contributed by atoms with Gasteiger partial charge in [0.25, 0.3) is 0 Å². The molecule has 1 saturated heterocycles. The van der Waals surface area contributed by atoms with Crippen LogP contribution >= 0.6 is 0 Å². The van der Waals surface area contributed by atoms with E-state index in [9.17, 15) is 4.79 Å². The lowest BCUT2D eigenvalue weighted by molar-refractivity contribution is -0.134. The Labute approximate surface area is 115 Å². The van der Waals surface area contributed by atoms with Crippen LogP contribution in [-0.4, -0.2) is 45.8 Å². The van der Waals surface area contributed by atoms with E-state index in [1.807, 2.05) is 30.5 Å². The summed E-state index contributed by atoms with van der Waals surface area (Å²) < 4.78 is 1.85. The van der Waals surface area contributed by atoms with Crippen LogP contribution in [0.25, 0.3) is 0 Å². The van der Waals surface area contributed by atoms with Crippen molar-refractivity contribution in [2.45, 2.75) is 46.2 Å². The van der Waals surface area contributed by atoms with Crippen molar-refractivity contribution in [2.75, 3.05) is 13.1 Å². The normalized spacial score (nSPS) is 23.7. The number of carbonyl (C=O) groups is 1. The van der Waals surface area contributed by atoms with Gasteiger partial charge in [0.05, 0.1) is 12.1 Å². The molecule has 2 rings (SSSR count). The topological polar surface area (TPSA) is 50.2 Å². The summed E-state index contributed by atoms with van der Waals surface area (Å²) in [6.45, 7) is 9.90. The molecule has 2 unspecified atom stereocenters. The van der Waals surface area contributed by atoms with E-state index in [1.165, 1.54) is 0 Å². The second-order valence-electron chi connectivity index (χ2n) is 5.52. The maximum Gasteiger partial charge on any atom is 0.227 e. The number of carbonyl (C=O) groups excluding carboxylic acids is 1. The lowest BCUT2D eigenvalue weighted by Gasteiger charge is -2.38. The molecule has 1 aliphatic rings. The van der Waals surface area contributed by atoms with E-state index in [1.54, 1.807) is 0 Å². The minimum atomic E-state index is 0.208. The molecule has 1 aliphatic heterocycles. The summed E-state index contributed by atoms with van der Waals surface area (Å²) in [5, 5.41) is 7.77. The molecule has 0 spiro atoms. The highest BCUT2D eigenvalue weighted by Gasteiger charge is 2.28. The summed E-state index contributed by atoms with van der Waals surface area (Å²) in [6.07, 6.45) is 0.461. The van der Waals surface area contributed by atoms with Crippen LogP contribution in [0.3, 0.4) is 0 Å². The van der Waals surface area contributed by atoms with Gasteiger partial charge in [0.1, 0.15) is 0 Å². The maximum atomic E-state index is 12.5. The monoisotopic (exact) mass is 264 g/mol. The lowest BCUT2D eigenvalue weighted by Crippen LogP contribution is -2.57. The number of nitrogens with zero attached hydrogens (tertiary/aromatic N) is 3. The molecule has 5 nitrogen and oxygen atoms in total. The zero-order valence-corrected chi connectivity index (χ0v) is 12.5. The molecule has 0 aliphatic carbocycles. The molecular weight excluding hydrogens is 240 g/mol. The van der Waals surface area contributed by atoms with E-state index >= 15 is 0 Å². The molecular formula is C14H24N4O. The van der Waals surface area contributed by atoms with Crippen LogP contribution < -0.4 is 5.32 Å². The summed E-state index contributed by atoms with van der Waals surface area (Å²) in [5.41, 5.74) is 3.12. The fraction of sp³-hybridized carbons (Fsp3) is 0.714. The second-order valence-corrected chi connectivity index (χ2v) is 5.52. The Balaban J connectivity index is 2.12. The molecule has 19 heavy (non-hydrogen) atoms. The summed E-state index contributed by atoms with van der Waals surface area (Å²) in [5.74, 6) is 0.208. The van der Waals surface area contributed by atoms with E-state index in [0.29, 0.717) is 12.5 Å². The van der Waals surface area contributed by atoms with Crippen molar-refractivity contribution in [3.8, 4) is 0 Å². The molecule has 0 radical (unpaired) electrons. The number of aromatic nitrogens is 2. The third-order valence-corrected chi connectivity index (χ3v) is 4.34. The van der Waals surface area contributed by atoms with Crippen LogP contribution in [-0.2, 0) is 18.3 Å². The molecule has 1 N–H and O–H groups in total. The second kappa shape index (κ2) is 5.33. The largest absolute Gasteiger partial charge is 0.337 e. The quantitative estimate of drug-likeness (QED) is 0.859. The van der Waals surface area contributed by atoms with Crippen molar-refractivity contribution in [2.24, 2.45) is 7.05 Å². The van der Waals surface area contributed by atoms with Gasteiger partial charge < -0.3 is 10.2 Å². The van der Waals surface area contributed by atoms with Gasteiger partial charge in [-0.2, -0.15) is 5.10 Å². The zero-order chi connectivity index (χ0) is 14.2. The number of rotatable bonds is 2. The SMILES string of the molecule is Cc1nn(C)c(C)c1CC(=O)N1CCNC(C)C1C. The van der Waals surface area contributed by atoms with Crippen molar-refractivity contribution in [3.63, 3.8) is 0 Å².